The fourth-order valence-corrected chi connectivity index (χ4v) is 3.65. The maximum atomic E-state index is 5.39. The zero-order chi connectivity index (χ0) is 18.9. The van der Waals surface area contributed by atoms with E-state index in [1.807, 2.05) is 7.05 Å². The molecule has 150 valence electrons. The molecule has 2 N–H and O–H groups in total. The molecule has 2 aliphatic rings. The van der Waals surface area contributed by atoms with Gasteiger partial charge >= 0.3 is 0 Å². The topological polar surface area (TPSA) is 52.1 Å². The smallest absolute Gasteiger partial charge is 0.191 e. The van der Waals surface area contributed by atoms with Crippen molar-refractivity contribution in [2.75, 3.05) is 64.4 Å². The summed E-state index contributed by atoms with van der Waals surface area (Å²) in [6, 6.07) is 8.95. The highest BCUT2D eigenvalue weighted by atomic mass is 16.5. The van der Waals surface area contributed by atoms with E-state index in [0.717, 1.165) is 57.8 Å². The van der Waals surface area contributed by atoms with Crippen LogP contribution in [0, 0.1) is 5.92 Å². The Morgan fingerprint density at radius 3 is 2.44 bits per heavy atom. The van der Waals surface area contributed by atoms with Crippen molar-refractivity contribution in [1.29, 1.82) is 0 Å². The van der Waals surface area contributed by atoms with Crippen molar-refractivity contribution >= 4 is 11.6 Å². The van der Waals surface area contributed by atoms with Crippen LogP contribution in [0.2, 0.25) is 0 Å². The number of hydrogen-bond donors (Lipinski definition) is 2. The van der Waals surface area contributed by atoms with E-state index in [2.05, 4.69) is 56.6 Å². The van der Waals surface area contributed by atoms with Gasteiger partial charge in [0.2, 0.25) is 0 Å². The SMILES string of the molecule is CN=C(NCCN1CCOCC1)NCc1ccc(N2CCC(C)CC2)cc1. The van der Waals surface area contributed by atoms with Gasteiger partial charge in [0.15, 0.2) is 5.96 Å². The second-order valence-corrected chi connectivity index (χ2v) is 7.64. The van der Waals surface area contributed by atoms with Gasteiger partial charge in [-0.3, -0.25) is 9.89 Å². The van der Waals surface area contributed by atoms with E-state index in [4.69, 9.17) is 4.74 Å². The Bertz CT molecular complexity index is 575. The van der Waals surface area contributed by atoms with Gasteiger partial charge in [0.25, 0.3) is 0 Å². The number of aliphatic imine (C=N–C) groups is 1. The molecule has 2 saturated heterocycles. The molecular weight excluding hydrogens is 338 g/mol. The second-order valence-electron chi connectivity index (χ2n) is 7.64. The zero-order valence-electron chi connectivity index (χ0n) is 16.9. The Labute approximate surface area is 164 Å². The van der Waals surface area contributed by atoms with E-state index in [0.29, 0.717) is 0 Å². The molecule has 6 nitrogen and oxygen atoms in total. The Hall–Kier alpha value is -1.79. The summed E-state index contributed by atoms with van der Waals surface area (Å²) in [5.41, 5.74) is 2.62. The number of rotatable bonds is 6. The van der Waals surface area contributed by atoms with Crippen molar-refractivity contribution in [3.05, 3.63) is 29.8 Å². The third kappa shape index (κ3) is 6.40. The summed E-state index contributed by atoms with van der Waals surface area (Å²) in [7, 11) is 1.82. The maximum absolute atomic E-state index is 5.39. The minimum Gasteiger partial charge on any atom is -0.379 e. The normalized spacial score (nSPS) is 19.9. The Balaban J connectivity index is 1.38. The molecule has 0 aliphatic carbocycles. The Morgan fingerprint density at radius 2 is 1.78 bits per heavy atom. The molecule has 2 fully saturated rings. The van der Waals surface area contributed by atoms with Gasteiger partial charge in [-0.2, -0.15) is 0 Å². The first kappa shape index (κ1) is 20.0. The first-order chi connectivity index (χ1) is 13.2. The lowest BCUT2D eigenvalue weighted by Gasteiger charge is -2.32. The zero-order valence-corrected chi connectivity index (χ0v) is 16.9. The van der Waals surface area contributed by atoms with E-state index in [1.54, 1.807) is 0 Å². The van der Waals surface area contributed by atoms with Crippen LogP contribution in [-0.4, -0.2) is 70.4 Å². The maximum Gasteiger partial charge on any atom is 0.191 e. The van der Waals surface area contributed by atoms with Crippen LogP contribution in [0.15, 0.2) is 29.3 Å². The fraction of sp³-hybridized carbons (Fsp3) is 0.667. The lowest BCUT2D eigenvalue weighted by Crippen LogP contribution is -2.44. The van der Waals surface area contributed by atoms with Crippen LogP contribution in [0.3, 0.4) is 0 Å². The van der Waals surface area contributed by atoms with E-state index in [1.165, 1.54) is 37.2 Å². The van der Waals surface area contributed by atoms with Crippen molar-refractivity contribution in [3.8, 4) is 0 Å². The number of benzene rings is 1. The standard InChI is InChI=1S/C21H35N5O/c1-18-7-10-26(11-8-18)20-5-3-19(4-6-20)17-24-21(22-2)23-9-12-25-13-15-27-16-14-25/h3-6,18H,7-17H2,1-2H3,(H2,22,23,24). The van der Waals surface area contributed by atoms with Crippen molar-refractivity contribution < 1.29 is 4.74 Å². The van der Waals surface area contributed by atoms with Gasteiger partial charge in [-0.15, -0.1) is 0 Å². The van der Waals surface area contributed by atoms with Crippen LogP contribution in [0.1, 0.15) is 25.3 Å². The largest absolute Gasteiger partial charge is 0.379 e. The molecule has 0 radical (unpaired) electrons. The first-order valence-corrected chi connectivity index (χ1v) is 10.3. The third-order valence-electron chi connectivity index (χ3n) is 5.59. The van der Waals surface area contributed by atoms with E-state index in [-0.39, 0.29) is 0 Å². The lowest BCUT2D eigenvalue weighted by molar-refractivity contribution is 0.0389. The molecule has 6 heteroatoms. The van der Waals surface area contributed by atoms with Crippen molar-refractivity contribution in [2.45, 2.75) is 26.3 Å². The van der Waals surface area contributed by atoms with Gasteiger partial charge in [-0.05, 0) is 36.5 Å². The van der Waals surface area contributed by atoms with Crippen molar-refractivity contribution in [1.82, 2.24) is 15.5 Å². The summed E-state index contributed by atoms with van der Waals surface area (Å²) in [5.74, 6) is 1.73. The number of piperidine rings is 1. The number of morpholine rings is 1. The molecule has 0 amide bonds. The van der Waals surface area contributed by atoms with Gasteiger partial charge in [0.05, 0.1) is 13.2 Å². The van der Waals surface area contributed by atoms with Crippen LogP contribution in [0.4, 0.5) is 5.69 Å². The van der Waals surface area contributed by atoms with Crippen LogP contribution in [-0.2, 0) is 11.3 Å². The molecule has 0 bridgehead atoms. The molecule has 27 heavy (non-hydrogen) atoms. The first-order valence-electron chi connectivity index (χ1n) is 10.3. The second kappa shape index (κ2) is 10.5. The summed E-state index contributed by atoms with van der Waals surface area (Å²) in [6.07, 6.45) is 2.60. The Kier molecular flexibility index (Phi) is 7.78. The quantitative estimate of drug-likeness (QED) is 0.589. The molecule has 1 aromatic carbocycles. The van der Waals surface area contributed by atoms with Gasteiger partial charge in [-0.25, -0.2) is 0 Å². The average Bonchev–Trinajstić information content (AvgIpc) is 2.72. The number of ether oxygens (including phenoxy) is 1. The molecule has 0 atom stereocenters. The predicted octanol–water partition coefficient (Wildman–Crippen LogP) is 1.92. The highest BCUT2D eigenvalue weighted by Gasteiger charge is 2.15. The molecule has 0 spiro atoms. The van der Waals surface area contributed by atoms with E-state index in [9.17, 15) is 0 Å². The van der Waals surface area contributed by atoms with Gasteiger partial charge in [0, 0.05) is 58.5 Å². The summed E-state index contributed by atoms with van der Waals surface area (Å²) < 4.78 is 5.39. The molecule has 0 saturated carbocycles. The third-order valence-corrected chi connectivity index (χ3v) is 5.59. The van der Waals surface area contributed by atoms with Crippen LogP contribution >= 0.6 is 0 Å². The van der Waals surface area contributed by atoms with E-state index >= 15 is 0 Å². The number of nitrogens with zero attached hydrogens (tertiary/aromatic N) is 3. The molecule has 3 rings (SSSR count). The summed E-state index contributed by atoms with van der Waals surface area (Å²) in [5, 5.41) is 6.81. The minimum atomic E-state index is 0.786. The summed E-state index contributed by atoms with van der Waals surface area (Å²) in [6.45, 7) is 11.2. The van der Waals surface area contributed by atoms with Crippen LogP contribution < -0.4 is 15.5 Å². The summed E-state index contributed by atoms with van der Waals surface area (Å²) in [4.78, 5) is 9.25. The lowest BCUT2D eigenvalue weighted by atomic mass is 9.99. The number of nitrogens with one attached hydrogen (secondary N) is 2. The molecule has 1 aromatic rings. The Morgan fingerprint density at radius 1 is 1.07 bits per heavy atom. The highest BCUT2D eigenvalue weighted by molar-refractivity contribution is 5.79. The molecule has 2 aliphatic heterocycles. The molecule has 0 unspecified atom stereocenters. The average molecular weight is 374 g/mol. The fourth-order valence-electron chi connectivity index (χ4n) is 3.65. The van der Waals surface area contributed by atoms with Crippen LogP contribution in [0.5, 0.6) is 0 Å². The van der Waals surface area contributed by atoms with Gasteiger partial charge < -0.3 is 20.3 Å². The molecule has 2 heterocycles. The predicted molar refractivity (Wildman–Crippen MR) is 113 cm³/mol. The highest BCUT2D eigenvalue weighted by Crippen LogP contribution is 2.23. The number of anilines is 1. The minimum absolute atomic E-state index is 0.786. The molecule has 0 aromatic heterocycles. The van der Waals surface area contributed by atoms with Gasteiger partial charge in [0.1, 0.15) is 0 Å². The number of hydrogen-bond acceptors (Lipinski definition) is 4. The van der Waals surface area contributed by atoms with E-state index < -0.39 is 0 Å². The van der Waals surface area contributed by atoms with Crippen LogP contribution in [0.25, 0.3) is 0 Å². The number of guanidine groups is 1. The molecular formula is C21H35N5O. The monoisotopic (exact) mass is 373 g/mol. The van der Waals surface area contributed by atoms with Crippen molar-refractivity contribution in [2.24, 2.45) is 10.9 Å². The van der Waals surface area contributed by atoms with Gasteiger partial charge in [-0.1, -0.05) is 19.1 Å². The summed E-state index contributed by atoms with van der Waals surface area (Å²) >= 11 is 0. The van der Waals surface area contributed by atoms with Crippen molar-refractivity contribution in [3.63, 3.8) is 0 Å².